The van der Waals surface area contributed by atoms with Gasteiger partial charge in [0, 0.05) is 18.0 Å². The number of allylic oxidation sites excluding steroid dienone is 2. The van der Waals surface area contributed by atoms with Gasteiger partial charge in [-0.2, -0.15) is 0 Å². The van der Waals surface area contributed by atoms with Crippen molar-refractivity contribution in [1.29, 1.82) is 0 Å². The highest BCUT2D eigenvalue weighted by atomic mass is 35.5. The standard InChI is InChI=1S/C16H22N2S.ClH/c1-16(2)6-4-11-12-10-17-7-5-13(12)18-8-3-9-19-15(16)14(11)18;/h3,9,13,17H,4-8,10H2,1-2H3;1H. The smallest absolute Gasteiger partial charge is 0.0537 e. The van der Waals surface area contributed by atoms with Crippen LogP contribution in [-0.4, -0.2) is 30.6 Å². The minimum atomic E-state index is 0. The van der Waals surface area contributed by atoms with E-state index in [2.05, 4.69) is 35.5 Å². The highest BCUT2D eigenvalue weighted by molar-refractivity contribution is 8.05. The quantitative estimate of drug-likeness (QED) is 0.735. The second-order valence-electron chi connectivity index (χ2n) is 6.69. The van der Waals surface area contributed by atoms with Gasteiger partial charge in [0.15, 0.2) is 0 Å². The third-order valence-electron chi connectivity index (χ3n) is 5.06. The van der Waals surface area contributed by atoms with Crippen molar-refractivity contribution in [2.24, 2.45) is 5.41 Å². The van der Waals surface area contributed by atoms with E-state index < -0.39 is 0 Å². The van der Waals surface area contributed by atoms with E-state index in [1.165, 1.54) is 25.8 Å². The lowest BCUT2D eigenvalue weighted by atomic mass is 9.78. The van der Waals surface area contributed by atoms with E-state index in [0.717, 1.165) is 13.1 Å². The van der Waals surface area contributed by atoms with Crippen LogP contribution < -0.4 is 5.32 Å². The van der Waals surface area contributed by atoms with Crippen molar-refractivity contribution in [1.82, 2.24) is 10.2 Å². The lowest BCUT2D eigenvalue weighted by Crippen LogP contribution is -2.40. The molecule has 1 saturated heterocycles. The number of halogens is 1. The molecule has 0 bridgehead atoms. The monoisotopic (exact) mass is 310 g/mol. The van der Waals surface area contributed by atoms with Crippen LogP contribution in [0.5, 0.6) is 0 Å². The maximum absolute atomic E-state index is 3.57. The summed E-state index contributed by atoms with van der Waals surface area (Å²) in [5.41, 5.74) is 5.33. The fourth-order valence-corrected chi connectivity index (χ4v) is 5.10. The Bertz CT molecular complexity index is 519. The zero-order valence-electron chi connectivity index (χ0n) is 12.2. The number of fused-ring (bicyclic) bond motifs is 2. The highest BCUT2D eigenvalue weighted by Gasteiger charge is 2.44. The summed E-state index contributed by atoms with van der Waals surface area (Å²) in [6, 6.07) is 0.679. The molecular formula is C16H23ClN2S. The van der Waals surface area contributed by atoms with Gasteiger partial charge in [-0.25, -0.2) is 0 Å². The Kier molecular flexibility index (Phi) is 3.72. The van der Waals surface area contributed by atoms with E-state index in [4.69, 9.17) is 0 Å². The molecule has 1 unspecified atom stereocenters. The molecule has 4 rings (SSSR count). The van der Waals surface area contributed by atoms with E-state index in [-0.39, 0.29) is 12.4 Å². The summed E-state index contributed by atoms with van der Waals surface area (Å²) in [4.78, 5) is 4.31. The molecule has 0 saturated carbocycles. The van der Waals surface area contributed by atoms with Crippen LogP contribution in [0.2, 0.25) is 0 Å². The zero-order valence-corrected chi connectivity index (χ0v) is 13.9. The Morgan fingerprint density at radius 2 is 2.25 bits per heavy atom. The number of rotatable bonds is 0. The maximum atomic E-state index is 3.57. The summed E-state index contributed by atoms with van der Waals surface area (Å²) in [7, 11) is 0. The molecule has 0 aromatic carbocycles. The van der Waals surface area contributed by atoms with Crippen LogP contribution in [0, 0.1) is 5.41 Å². The summed E-state index contributed by atoms with van der Waals surface area (Å²) in [6.45, 7) is 8.21. The van der Waals surface area contributed by atoms with Crippen molar-refractivity contribution in [3.8, 4) is 0 Å². The molecule has 0 aromatic rings. The third kappa shape index (κ3) is 1.98. The number of piperidine rings is 1. The Hall–Kier alpha value is -0.380. The summed E-state index contributed by atoms with van der Waals surface area (Å²) < 4.78 is 0. The van der Waals surface area contributed by atoms with Gasteiger partial charge in [0.2, 0.25) is 0 Å². The lowest BCUT2D eigenvalue weighted by Gasteiger charge is -2.37. The van der Waals surface area contributed by atoms with Crippen LogP contribution in [0.4, 0.5) is 0 Å². The fourth-order valence-electron chi connectivity index (χ4n) is 4.01. The molecule has 1 atom stereocenters. The molecule has 0 aromatic heterocycles. The molecule has 0 radical (unpaired) electrons. The molecule has 3 heterocycles. The van der Waals surface area contributed by atoms with Gasteiger partial charge < -0.3 is 10.2 Å². The first-order valence-corrected chi connectivity index (χ1v) is 8.32. The Morgan fingerprint density at radius 3 is 3.10 bits per heavy atom. The molecule has 1 fully saturated rings. The molecule has 20 heavy (non-hydrogen) atoms. The van der Waals surface area contributed by atoms with Gasteiger partial charge in [0.25, 0.3) is 0 Å². The molecule has 0 amide bonds. The van der Waals surface area contributed by atoms with Gasteiger partial charge in [0.05, 0.1) is 11.7 Å². The van der Waals surface area contributed by atoms with Gasteiger partial charge in [-0.05, 0) is 47.8 Å². The van der Waals surface area contributed by atoms with Crippen molar-refractivity contribution in [3.05, 3.63) is 33.2 Å². The van der Waals surface area contributed by atoms with Crippen molar-refractivity contribution in [2.45, 2.75) is 39.2 Å². The summed E-state index contributed by atoms with van der Waals surface area (Å²) >= 11 is 1.97. The lowest BCUT2D eigenvalue weighted by molar-refractivity contribution is 0.290. The van der Waals surface area contributed by atoms with Gasteiger partial charge in [-0.3, -0.25) is 0 Å². The molecule has 2 nitrogen and oxygen atoms in total. The molecule has 0 spiro atoms. The number of hydrogen-bond donors (Lipinski definition) is 1. The van der Waals surface area contributed by atoms with E-state index >= 15 is 0 Å². The highest BCUT2D eigenvalue weighted by Crippen LogP contribution is 2.54. The summed E-state index contributed by atoms with van der Waals surface area (Å²) in [5.74, 6) is 0. The van der Waals surface area contributed by atoms with E-state index in [0.29, 0.717) is 11.5 Å². The van der Waals surface area contributed by atoms with Crippen LogP contribution in [-0.2, 0) is 0 Å². The minimum absolute atomic E-state index is 0. The van der Waals surface area contributed by atoms with E-state index in [1.807, 2.05) is 11.8 Å². The second-order valence-corrected chi connectivity index (χ2v) is 7.60. The maximum Gasteiger partial charge on any atom is 0.0537 e. The molecule has 110 valence electrons. The van der Waals surface area contributed by atoms with Crippen molar-refractivity contribution in [2.75, 3.05) is 19.6 Å². The number of nitrogens with one attached hydrogen (secondary N) is 1. The number of nitrogens with zero attached hydrogens (tertiary/aromatic N) is 1. The fraction of sp³-hybridized carbons (Fsp3) is 0.625. The first-order chi connectivity index (χ1) is 9.18. The van der Waals surface area contributed by atoms with Gasteiger partial charge >= 0.3 is 0 Å². The van der Waals surface area contributed by atoms with Gasteiger partial charge in [-0.15, -0.1) is 24.2 Å². The van der Waals surface area contributed by atoms with Crippen molar-refractivity contribution >= 4 is 24.2 Å². The molecule has 1 N–H and O–H groups in total. The number of thioether (sulfide) groups is 1. The van der Waals surface area contributed by atoms with Crippen LogP contribution in [0.15, 0.2) is 33.2 Å². The van der Waals surface area contributed by atoms with Crippen LogP contribution in [0.25, 0.3) is 0 Å². The minimum Gasteiger partial charge on any atom is -0.360 e. The molecule has 3 aliphatic heterocycles. The predicted molar refractivity (Wildman–Crippen MR) is 89.0 cm³/mol. The topological polar surface area (TPSA) is 15.3 Å². The normalized spacial score (nSPS) is 30.7. The Morgan fingerprint density at radius 1 is 1.40 bits per heavy atom. The van der Waals surface area contributed by atoms with E-state index in [9.17, 15) is 0 Å². The summed E-state index contributed by atoms with van der Waals surface area (Å²) in [5, 5.41) is 5.89. The average Bonchev–Trinajstić information content (AvgIpc) is 2.57. The first kappa shape index (κ1) is 14.6. The van der Waals surface area contributed by atoms with Gasteiger partial charge in [0.1, 0.15) is 0 Å². The Balaban J connectivity index is 0.00000121. The molecule has 1 aliphatic carbocycles. The van der Waals surface area contributed by atoms with Gasteiger partial charge in [-0.1, -0.05) is 19.9 Å². The van der Waals surface area contributed by atoms with Crippen LogP contribution in [0.1, 0.15) is 33.1 Å². The Labute approximate surface area is 132 Å². The van der Waals surface area contributed by atoms with Crippen LogP contribution >= 0.6 is 24.2 Å². The zero-order chi connectivity index (χ0) is 13.0. The molecular weight excluding hydrogens is 288 g/mol. The SMILES string of the molecule is CC1(C)CCC2=C3CNCCC3N3CC=CSC1=C23.Cl. The predicted octanol–water partition coefficient (Wildman–Crippen LogP) is 3.67. The second kappa shape index (κ2) is 5.11. The van der Waals surface area contributed by atoms with Crippen molar-refractivity contribution in [3.63, 3.8) is 0 Å². The number of hydrogen-bond acceptors (Lipinski definition) is 3. The summed E-state index contributed by atoms with van der Waals surface area (Å²) in [6.07, 6.45) is 6.19. The average molecular weight is 311 g/mol. The first-order valence-electron chi connectivity index (χ1n) is 7.44. The molecule has 4 heteroatoms. The van der Waals surface area contributed by atoms with E-state index in [1.54, 1.807) is 21.7 Å². The van der Waals surface area contributed by atoms with Crippen molar-refractivity contribution < 1.29 is 0 Å². The van der Waals surface area contributed by atoms with Crippen LogP contribution in [0.3, 0.4) is 0 Å². The molecule has 4 aliphatic rings. The largest absolute Gasteiger partial charge is 0.360 e. The third-order valence-corrected chi connectivity index (χ3v) is 6.37.